The Bertz CT molecular complexity index is 331. The van der Waals surface area contributed by atoms with Gasteiger partial charge in [0, 0.05) is 6.61 Å². The summed E-state index contributed by atoms with van der Waals surface area (Å²) in [6.45, 7) is 1.94. The van der Waals surface area contributed by atoms with Crippen molar-refractivity contribution in [2.45, 2.75) is 32.3 Å². The quantitative estimate of drug-likeness (QED) is 0.689. The molecule has 0 aliphatic heterocycles. The van der Waals surface area contributed by atoms with E-state index >= 15 is 0 Å². The van der Waals surface area contributed by atoms with Crippen molar-refractivity contribution in [3.05, 3.63) is 24.3 Å². The van der Waals surface area contributed by atoms with Gasteiger partial charge in [0.2, 0.25) is 0 Å². The molecule has 0 bridgehead atoms. The van der Waals surface area contributed by atoms with Gasteiger partial charge in [-0.2, -0.15) is 0 Å². The second kappa shape index (κ2) is 11.6. The van der Waals surface area contributed by atoms with Crippen LogP contribution < -0.4 is 0 Å². The van der Waals surface area contributed by atoms with E-state index in [0.717, 1.165) is 6.42 Å². The fraction of sp³-hybridized carbons (Fsp3) is 0.429. The summed E-state index contributed by atoms with van der Waals surface area (Å²) in [6, 6.07) is 0. The Kier molecular flexibility index (Phi) is 10.5. The maximum Gasteiger partial charge on any atom is 0.0565 e. The maximum atomic E-state index is 9.29. The van der Waals surface area contributed by atoms with E-state index in [-0.39, 0.29) is 6.61 Å². The van der Waals surface area contributed by atoms with Gasteiger partial charge < -0.3 is 10.2 Å². The highest BCUT2D eigenvalue weighted by Gasteiger charge is 1.99. The van der Waals surface area contributed by atoms with Gasteiger partial charge in [0.15, 0.2) is 0 Å². The molecule has 0 aromatic heterocycles. The number of hydrogen-bond acceptors (Lipinski definition) is 2. The van der Waals surface area contributed by atoms with Crippen LogP contribution >= 0.6 is 0 Å². The van der Waals surface area contributed by atoms with Gasteiger partial charge in [-0.25, -0.2) is 0 Å². The van der Waals surface area contributed by atoms with Crippen molar-refractivity contribution in [1.82, 2.24) is 0 Å². The van der Waals surface area contributed by atoms with Gasteiger partial charge in [0.1, 0.15) is 0 Å². The summed E-state index contributed by atoms with van der Waals surface area (Å²) >= 11 is 0. The second-order valence-corrected chi connectivity index (χ2v) is 3.18. The molecule has 0 unspecified atom stereocenters. The maximum absolute atomic E-state index is 9.29. The molecule has 2 heteroatoms. The third-order valence-corrected chi connectivity index (χ3v) is 1.79. The fourth-order valence-electron chi connectivity index (χ4n) is 0.963. The molecule has 0 spiro atoms. The zero-order valence-corrected chi connectivity index (χ0v) is 9.61. The van der Waals surface area contributed by atoms with Crippen LogP contribution in [0, 0.1) is 23.7 Å². The summed E-state index contributed by atoms with van der Waals surface area (Å²) < 4.78 is 0. The fourth-order valence-corrected chi connectivity index (χ4v) is 0.963. The van der Waals surface area contributed by atoms with Gasteiger partial charge in [0.25, 0.3) is 0 Å². The highest BCUT2D eigenvalue weighted by molar-refractivity contribution is 5.33. The van der Waals surface area contributed by atoms with Gasteiger partial charge in [-0.15, -0.1) is 0 Å². The van der Waals surface area contributed by atoms with Crippen LogP contribution in [-0.4, -0.2) is 22.9 Å². The van der Waals surface area contributed by atoms with E-state index in [2.05, 4.69) is 23.7 Å². The zero-order valence-electron chi connectivity index (χ0n) is 9.61. The minimum Gasteiger partial charge on any atom is -0.396 e. The van der Waals surface area contributed by atoms with Crippen molar-refractivity contribution in [1.29, 1.82) is 0 Å². The SMILES string of the molecule is CC=CC#CC#CC=CCC[C@H](O)CCO. The molecule has 0 aromatic rings. The molecule has 0 radical (unpaired) electrons. The molecule has 0 saturated carbocycles. The molecule has 0 aromatic carbocycles. The lowest BCUT2D eigenvalue weighted by atomic mass is 10.1. The van der Waals surface area contributed by atoms with Crippen LogP contribution in [0.4, 0.5) is 0 Å². The molecular formula is C14H18O2. The summed E-state index contributed by atoms with van der Waals surface area (Å²) in [5, 5.41) is 17.8. The number of aliphatic hydroxyl groups is 2. The van der Waals surface area contributed by atoms with Crippen molar-refractivity contribution in [3.8, 4) is 23.7 Å². The first-order chi connectivity index (χ1) is 7.81. The topological polar surface area (TPSA) is 40.5 Å². The minimum atomic E-state index is -0.419. The molecule has 16 heavy (non-hydrogen) atoms. The summed E-state index contributed by atoms with van der Waals surface area (Å²) in [4.78, 5) is 0. The monoisotopic (exact) mass is 218 g/mol. The standard InChI is InChI=1S/C14H18O2/c1-2-3-4-5-6-7-8-9-10-11-14(16)12-13-15/h2-3,8-9,14-16H,10-13H2,1H3/t14-/m0/s1. The van der Waals surface area contributed by atoms with Crippen LogP contribution in [0.25, 0.3) is 0 Å². The predicted molar refractivity (Wildman–Crippen MR) is 66.4 cm³/mol. The first-order valence-corrected chi connectivity index (χ1v) is 5.37. The van der Waals surface area contributed by atoms with Gasteiger partial charge in [-0.3, -0.25) is 0 Å². The molecule has 0 fully saturated rings. The van der Waals surface area contributed by atoms with Gasteiger partial charge in [0.05, 0.1) is 6.10 Å². The molecule has 0 saturated heterocycles. The summed E-state index contributed by atoms with van der Waals surface area (Å²) in [5.41, 5.74) is 0. The third-order valence-electron chi connectivity index (χ3n) is 1.79. The van der Waals surface area contributed by atoms with E-state index in [4.69, 9.17) is 5.11 Å². The van der Waals surface area contributed by atoms with Crippen LogP contribution in [0.3, 0.4) is 0 Å². The van der Waals surface area contributed by atoms with Crippen LogP contribution in [-0.2, 0) is 0 Å². The van der Waals surface area contributed by atoms with E-state index < -0.39 is 6.10 Å². The average molecular weight is 218 g/mol. The van der Waals surface area contributed by atoms with Crippen LogP contribution in [0.2, 0.25) is 0 Å². The molecule has 0 rings (SSSR count). The van der Waals surface area contributed by atoms with Crippen LogP contribution in [0.15, 0.2) is 24.3 Å². The first-order valence-electron chi connectivity index (χ1n) is 5.37. The Morgan fingerprint density at radius 3 is 2.44 bits per heavy atom. The Morgan fingerprint density at radius 1 is 1.12 bits per heavy atom. The van der Waals surface area contributed by atoms with E-state index in [1.807, 2.05) is 19.1 Å². The Hall–Kier alpha value is -1.48. The van der Waals surface area contributed by atoms with E-state index in [1.54, 1.807) is 12.2 Å². The lowest BCUT2D eigenvalue weighted by molar-refractivity contribution is 0.126. The molecule has 0 aliphatic rings. The van der Waals surface area contributed by atoms with E-state index in [1.165, 1.54) is 0 Å². The Morgan fingerprint density at radius 2 is 1.81 bits per heavy atom. The third kappa shape index (κ3) is 10.6. The van der Waals surface area contributed by atoms with Crippen molar-refractivity contribution in [3.63, 3.8) is 0 Å². The van der Waals surface area contributed by atoms with E-state index in [9.17, 15) is 5.11 Å². The lowest BCUT2D eigenvalue weighted by Crippen LogP contribution is -2.07. The highest BCUT2D eigenvalue weighted by atomic mass is 16.3. The summed E-state index contributed by atoms with van der Waals surface area (Å²) in [6.07, 6.45) is 8.66. The first kappa shape index (κ1) is 14.5. The Labute approximate surface area is 97.7 Å². The van der Waals surface area contributed by atoms with E-state index in [0.29, 0.717) is 12.8 Å². The molecule has 2 nitrogen and oxygen atoms in total. The molecule has 0 amide bonds. The highest BCUT2D eigenvalue weighted by Crippen LogP contribution is 2.01. The largest absolute Gasteiger partial charge is 0.396 e. The molecule has 1 atom stereocenters. The summed E-state index contributed by atoms with van der Waals surface area (Å²) in [5.74, 6) is 10.9. The van der Waals surface area contributed by atoms with Gasteiger partial charge in [-0.1, -0.05) is 24.0 Å². The van der Waals surface area contributed by atoms with Crippen molar-refractivity contribution >= 4 is 0 Å². The zero-order chi connectivity index (χ0) is 12.1. The molecule has 0 heterocycles. The van der Waals surface area contributed by atoms with Gasteiger partial charge >= 0.3 is 0 Å². The van der Waals surface area contributed by atoms with Crippen LogP contribution in [0.1, 0.15) is 26.2 Å². The number of aliphatic hydroxyl groups excluding tert-OH is 2. The van der Waals surface area contributed by atoms with Crippen molar-refractivity contribution < 1.29 is 10.2 Å². The lowest BCUT2D eigenvalue weighted by Gasteiger charge is -2.04. The van der Waals surface area contributed by atoms with Crippen molar-refractivity contribution in [2.75, 3.05) is 6.61 Å². The normalized spacial score (nSPS) is 11.9. The van der Waals surface area contributed by atoms with Crippen molar-refractivity contribution in [2.24, 2.45) is 0 Å². The molecular weight excluding hydrogens is 200 g/mol. The molecule has 86 valence electrons. The number of allylic oxidation sites excluding steroid dienone is 4. The number of hydrogen-bond donors (Lipinski definition) is 2. The molecule has 2 N–H and O–H groups in total. The minimum absolute atomic E-state index is 0.0330. The average Bonchev–Trinajstić information content (AvgIpc) is 2.27. The summed E-state index contributed by atoms with van der Waals surface area (Å²) in [7, 11) is 0. The number of rotatable bonds is 5. The predicted octanol–water partition coefficient (Wildman–Crippen LogP) is 1.65. The molecule has 0 aliphatic carbocycles. The smallest absolute Gasteiger partial charge is 0.0565 e. The van der Waals surface area contributed by atoms with Gasteiger partial charge in [-0.05, 0) is 50.2 Å². The van der Waals surface area contributed by atoms with Crippen LogP contribution in [0.5, 0.6) is 0 Å². The Balaban J connectivity index is 3.66. The second-order valence-electron chi connectivity index (χ2n) is 3.18.